The number of rotatable bonds is 5. The maximum absolute atomic E-state index is 12.7. The van der Waals surface area contributed by atoms with Crippen molar-refractivity contribution in [1.82, 2.24) is 0 Å². The number of aliphatic hydroxyl groups is 1. The number of alkyl halides is 3. The van der Waals surface area contributed by atoms with E-state index in [1.807, 2.05) is 0 Å². The Morgan fingerprint density at radius 3 is 2.39 bits per heavy atom. The first-order valence-electron chi connectivity index (χ1n) is 8.47. The van der Waals surface area contributed by atoms with E-state index in [1.165, 1.54) is 24.3 Å². The zero-order valence-electron chi connectivity index (χ0n) is 14.6. The number of aliphatic hydroxyl groups excluding tert-OH is 1. The lowest BCUT2D eigenvalue weighted by atomic mass is 9.90. The minimum absolute atomic E-state index is 0.0389. The molecule has 1 unspecified atom stereocenters. The molecule has 0 spiro atoms. The number of sulfonamides is 1. The number of halogens is 3. The zero-order chi connectivity index (χ0) is 20.4. The van der Waals surface area contributed by atoms with Crippen molar-refractivity contribution in [3.8, 4) is 0 Å². The molecule has 1 atom stereocenters. The fourth-order valence-electron chi connectivity index (χ4n) is 2.92. The Kier molecular flexibility index (Phi) is 5.62. The molecule has 28 heavy (non-hydrogen) atoms. The van der Waals surface area contributed by atoms with Crippen molar-refractivity contribution in [2.75, 3.05) is 4.72 Å². The Balaban J connectivity index is 1.73. The van der Waals surface area contributed by atoms with Crippen molar-refractivity contribution < 1.29 is 26.7 Å². The van der Waals surface area contributed by atoms with E-state index in [1.54, 1.807) is 30.3 Å². The summed E-state index contributed by atoms with van der Waals surface area (Å²) in [5.74, 6) is -0.239. The number of hydrogen-bond donors (Lipinski definition) is 2. The molecule has 0 aliphatic heterocycles. The molecule has 8 heteroatoms. The summed E-state index contributed by atoms with van der Waals surface area (Å²) < 4.78 is 65.5. The Morgan fingerprint density at radius 2 is 1.82 bits per heavy atom. The largest absolute Gasteiger partial charge is 0.416 e. The number of hydrogen-bond acceptors (Lipinski definition) is 3. The van der Waals surface area contributed by atoms with Crippen LogP contribution in [0.3, 0.4) is 0 Å². The molecular formula is C20H18F3NO3S. The average molecular weight is 409 g/mol. The highest BCUT2D eigenvalue weighted by atomic mass is 32.2. The fourth-order valence-corrected chi connectivity index (χ4v) is 3.97. The van der Waals surface area contributed by atoms with Crippen molar-refractivity contribution in [2.45, 2.75) is 30.0 Å². The standard InChI is InChI=1S/C20H18F3NO3S/c21-20(22,23)17-8-4-15(5-9-17)16-6-10-19(11-7-16)28(26,27)24-18-3-1-2-14(12-18)13-25/h1-4,6-12,15,24-25H,5,13H2. The zero-order valence-corrected chi connectivity index (χ0v) is 15.5. The van der Waals surface area contributed by atoms with Crippen LogP contribution in [0.1, 0.15) is 23.5 Å². The summed E-state index contributed by atoms with van der Waals surface area (Å²) in [6, 6.07) is 12.4. The van der Waals surface area contributed by atoms with Crippen LogP contribution in [0.4, 0.5) is 18.9 Å². The molecule has 0 amide bonds. The molecule has 0 fully saturated rings. The summed E-state index contributed by atoms with van der Waals surface area (Å²) in [4.78, 5) is 0.0389. The summed E-state index contributed by atoms with van der Waals surface area (Å²) in [5, 5.41) is 9.14. The predicted octanol–water partition coefficient (Wildman–Crippen LogP) is 4.51. The van der Waals surface area contributed by atoms with Crippen LogP contribution in [0.25, 0.3) is 0 Å². The van der Waals surface area contributed by atoms with Gasteiger partial charge in [0.05, 0.1) is 17.1 Å². The Bertz CT molecular complexity index is 1010. The molecule has 2 aromatic rings. The minimum atomic E-state index is -4.36. The molecule has 4 nitrogen and oxygen atoms in total. The SMILES string of the molecule is O=S(=O)(Nc1cccc(CO)c1)c1ccc(C2C=CC(C(F)(F)F)=CC2)cc1. The van der Waals surface area contributed by atoms with Gasteiger partial charge in [0.25, 0.3) is 10.0 Å². The van der Waals surface area contributed by atoms with Gasteiger partial charge in [-0.2, -0.15) is 13.2 Å². The van der Waals surface area contributed by atoms with E-state index in [0.717, 1.165) is 17.7 Å². The molecule has 0 aromatic heterocycles. The number of benzene rings is 2. The van der Waals surface area contributed by atoms with E-state index in [0.29, 0.717) is 11.3 Å². The molecule has 2 N–H and O–H groups in total. The minimum Gasteiger partial charge on any atom is -0.392 e. The molecule has 0 bridgehead atoms. The maximum Gasteiger partial charge on any atom is 0.416 e. The molecule has 1 aliphatic rings. The van der Waals surface area contributed by atoms with Crippen molar-refractivity contribution in [1.29, 1.82) is 0 Å². The number of anilines is 1. The van der Waals surface area contributed by atoms with Crippen LogP contribution in [-0.2, 0) is 16.6 Å². The van der Waals surface area contributed by atoms with Gasteiger partial charge in [0.1, 0.15) is 0 Å². The van der Waals surface area contributed by atoms with E-state index < -0.39 is 21.8 Å². The van der Waals surface area contributed by atoms with Gasteiger partial charge in [-0.15, -0.1) is 0 Å². The highest BCUT2D eigenvalue weighted by Crippen LogP contribution is 2.34. The molecule has 1 aliphatic carbocycles. The third-order valence-electron chi connectivity index (χ3n) is 4.41. The van der Waals surface area contributed by atoms with Gasteiger partial charge in [-0.25, -0.2) is 8.42 Å². The first kappa shape index (κ1) is 20.2. The second kappa shape index (κ2) is 7.81. The van der Waals surface area contributed by atoms with Crippen LogP contribution >= 0.6 is 0 Å². The van der Waals surface area contributed by atoms with E-state index >= 15 is 0 Å². The maximum atomic E-state index is 12.7. The van der Waals surface area contributed by atoms with Crippen LogP contribution in [0.5, 0.6) is 0 Å². The van der Waals surface area contributed by atoms with Gasteiger partial charge < -0.3 is 5.11 Å². The van der Waals surface area contributed by atoms with Crippen molar-refractivity contribution >= 4 is 15.7 Å². The molecule has 0 radical (unpaired) electrons. The lowest BCUT2D eigenvalue weighted by Crippen LogP contribution is -2.14. The summed E-state index contributed by atoms with van der Waals surface area (Å²) in [6.07, 6.45) is -0.493. The first-order valence-corrected chi connectivity index (χ1v) is 9.95. The van der Waals surface area contributed by atoms with Crippen LogP contribution in [0.15, 0.2) is 77.2 Å². The highest BCUT2D eigenvalue weighted by Gasteiger charge is 2.33. The molecular weight excluding hydrogens is 391 g/mol. The van der Waals surface area contributed by atoms with Crippen LogP contribution in [0, 0.1) is 0 Å². The molecule has 3 rings (SSSR count). The van der Waals surface area contributed by atoms with Gasteiger partial charge in [-0.3, -0.25) is 4.72 Å². The van der Waals surface area contributed by atoms with Crippen LogP contribution in [0.2, 0.25) is 0 Å². The lowest BCUT2D eigenvalue weighted by Gasteiger charge is -2.18. The molecule has 2 aromatic carbocycles. The Morgan fingerprint density at radius 1 is 1.11 bits per heavy atom. The first-order chi connectivity index (χ1) is 13.2. The molecule has 0 heterocycles. The third kappa shape index (κ3) is 4.63. The van der Waals surface area contributed by atoms with E-state index in [4.69, 9.17) is 5.11 Å². The fraction of sp³-hybridized carbons (Fsp3) is 0.200. The monoisotopic (exact) mass is 409 g/mol. The van der Waals surface area contributed by atoms with Gasteiger partial charge in [-0.05, 0) is 41.8 Å². The highest BCUT2D eigenvalue weighted by molar-refractivity contribution is 7.92. The number of nitrogens with one attached hydrogen (secondary N) is 1. The predicted molar refractivity (Wildman–Crippen MR) is 100 cm³/mol. The lowest BCUT2D eigenvalue weighted by molar-refractivity contribution is -0.0886. The van der Waals surface area contributed by atoms with Crippen LogP contribution < -0.4 is 4.72 Å². The van der Waals surface area contributed by atoms with Crippen molar-refractivity contribution in [2.24, 2.45) is 0 Å². The molecule has 0 saturated heterocycles. The summed E-state index contributed by atoms with van der Waals surface area (Å²) in [7, 11) is -3.82. The normalized spacial score (nSPS) is 17.3. The van der Waals surface area contributed by atoms with Gasteiger partial charge >= 0.3 is 6.18 Å². The quantitative estimate of drug-likeness (QED) is 0.764. The smallest absolute Gasteiger partial charge is 0.392 e. The number of allylic oxidation sites excluding steroid dienone is 4. The second-order valence-electron chi connectivity index (χ2n) is 6.39. The van der Waals surface area contributed by atoms with Gasteiger partial charge in [-0.1, -0.05) is 42.5 Å². The summed E-state index contributed by atoms with van der Waals surface area (Å²) in [5.41, 5.74) is 0.966. The van der Waals surface area contributed by atoms with E-state index in [-0.39, 0.29) is 23.8 Å². The molecule has 0 saturated carbocycles. The summed E-state index contributed by atoms with van der Waals surface area (Å²) in [6.45, 7) is -0.205. The Hall–Kier alpha value is -2.58. The van der Waals surface area contributed by atoms with Crippen molar-refractivity contribution in [3.05, 3.63) is 83.5 Å². The van der Waals surface area contributed by atoms with E-state index in [2.05, 4.69) is 4.72 Å². The summed E-state index contributed by atoms with van der Waals surface area (Å²) >= 11 is 0. The van der Waals surface area contributed by atoms with Crippen LogP contribution in [-0.4, -0.2) is 19.7 Å². The topological polar surface area (TPSA) is 66.4 Å². The third-order valence-corrected chi connectivity index (χ3v) is 5.80. The van der Waals surface area contributed by atoms with Crippen molar-refractivity contribution in [3.63, 3.8) is 0 Å². The van der Waals surface area contributed by atoms with Gasteiger partial charge in [0.15, 0.2) is 0 Å². The van der Waals surface area contributed by atoms with E-state index in [9.17, 15) is 21.6 Å². The van der Waals surface area contributed by atoms with Gasteiger partial charge in [0, 0.05) is 11.6 Å². The van der Waals surface area contributed by atoms with Gasteiger partial charge in [0.2, 0.25) is 0 Å². The average Bonchev–Trinajstić information content (AvgIpc) is 2.67. The molecule has 148 valence electrons. The Labute approximate surface area is 161 Å². The second-order valence-corrected chi connectivity index (χ2v) is 8.07.